The number of nitrogens with one attached hydrogen (secondary N) is 1. The minimum atomic E-state index is -0.278. The summed E-state index contributed by atoms with van der Waals surface area (Å²) < 4.78 is 0.693. The molecule has 0 saturated heterocycles. The number of hydrogen-bond donors (Lipinski definition) is 2. The van der Waals surface area contributed by atoms with Gasteiger partial charge in [-0.3, -0.25) is 4.79 Å². The molecule has 0 aliphatic heterocycles. The Morgan fingerprint density at radius 1 is 1.24 bits per heavy atom. The molecule has 1 atom stereocenters. The van der Waals surface area contributed by atoms with Crippen molar-refractivity contribution >= 4 is 51.7 Å². The maximum Gasteiger partial charge on any atom is 0.251 e. The van der Waals surface area contributed by atoms with Crippen molar-refractivity contribution in [1.82, 2.24) is 5.32 Å². The van der Waals surface area contributed by atoms with Crippen LogP contribution in [0.1, 0.15) is 28.9 Å². The van der Waals surface area contributed by atoms with Gasteiger partial charge in [-0.1, -0.05) is 29.3 Å². The lowest BCUT2D eigenvalue weighted by Crippen LogP contribution is -2.26. The summed E-state index contributed by atoms with van der Waals surface area (Å²) in [5, 5.41) is 13.5. The third-order valence-corrected chi connectivity index (χ3v) is 4.46. The fourth-order valence-corrected chi connectivity index (χ4v) is 2.77. The standard InChI is InChI=1S/C15H12Cl2INO2/c1-8(11-4-3-10(16)7-12(11)17)19-15(21)9-2-5-13(18)14(20)6-9/h2-8,20H,1H3,(H,19,21). The molecule has 0 fully saturated rings. The molecule has 6 heteroatoms. The van der Waals surface area contributed by atoms with E-state index in [0.717, 1.165) is 5.56 Å². The lowest BCUT2D eigenvalue weighted by atomic mass is 10.1. The van der Waals surface area contributed by atoms with E-state index in [0.29, 0.717) is 19.2 Å². The summed E-state index contributed by atoms with van der Waals surface area (Å²) in [6.45, 7) is 1.83. The first-order chi connectivity index (χ1) is 9.88. The Balaban J connectivity index is 2.16. The number of phenols is 1. The van der Waals surface area contributed by atoms with E-state index >= 15 is 0 Å². The SMILES string of the molecule is CC(NC(=O)c1ccc(I)c(O)c1)c1ccc(Cl)cc1Cl. The monoisotopic (exact) mass is 435 g/mol. The fraction of sp³-hybridized carbons (Fsp3) is 0.133. The molecule has 2 aromatic carbocycles. The van der Waals surface area contributed by atoms with E-state index < -0.39 is 0 Å². The number of benzene rings is 2. The predicted molar refractivity (Wildman–Crippen MR) is 93.2 cm³/mol. The van der Waals surface area contributed by atoms with Gasteiger partial charge >= 0.3 is 0 Å². The van der Waals surface area contributed by atoms with Gasteiger partial charge in [0.05, 0.1) is 9.61 Å². The van der Waals surface area contributed by atoms with Crippen LogP contribution in [0.3, 0.4) is 0 Å². The van der Waals surface area contributed by atoms with Crippen molar-refractivity contribution in [2.75, 3.05) is 0 Å². The number of halogens is 3. The number of amides is 1. The average Bonchev–Trinajstić information content (AvgIpc) is 2.41. The zero-order chi connectivity index (χ0) is 15.6. The molecule has 3 nitrogen and oxygen atoms in total. The van der Waals surface area contributed by atoms with Crippen LogP contribution in [0.15, 0.2) is 36.4 Å². The minimum Gasteiger partial charge on any atom is -0.507 e. The van der Waals surface area contributed by atoms with Gasteiger partial charge in [-0.05, 0) is 65.4 Å². The second kappa shape index (κ2) is 6.85. The van der Waals surface area contributed by atoms with E-state index in [1.54, 1.807) is 30.3 Å². The molecular formula is C15H12Cl2INO2. The molecule has 0 aromatic heterocycles. The molecule has 0 saturated carbocycles. The lowest BCUT2D eigenvalue weighted by Gasteiger charge is -2.16. The number of rotatable bonds is 3. The van der Waals surface area contributed by atoms with Crippen LogP contribution in [0.4, 0.5) is 0 Å². The molecule has 2 aromatic rings. The molecule has 2 rings (SSSR count). The smallest absolute Gasteiger partial charge is 0.251 e. The van der Waals surface area contributed by atoms with Crippen molar-refractivity contribution in [2.24, 2.45) is 0 Å². The van der Waals surface area contributed by atoms with Gasteiger partial charge in [0.15, 0.2) is 0 Å². The van der Waals surface area contributed by atoms with Gasteiger partial charge in [0.1, 0.15) is 5.75 Å². The Kier molecular flexibility index (Phi) is 5.35. The third kappa shape index (κ3) is 4.02. The summed E-state index contributed by atoms with van der Waals surface area (Å²) >= 11 is 14.0. The Hall–Kier alpha value is -0.980. The van der Waals surface area contributed by atoms with Crippen LogP contribution in [0, 0.1) is 3.57 Å². The molecule has 0 radical (unpaired) electrons. The van der Waals surface area contributed by atoms with Crippen LogP contribution in [0.25, 0.3) is 0 Å². The molecule has 2 N–H and O–H groups in total. The maximum atomic E-state index is 12.2. The molecule has 110 valence electrons. The summed E-state index contributed by atoms with van der Waals surface area (Å²) in [5.74, 6) is -0.194. The number of phenolic OH excluding ortho intramolecular Hbond substituents is 1. The number of aromatic hydroxyl groups is 1. The van der Waals surface area contributed by atoms with Crippen molar-refractivity contribution in [3.8, 4) is 5.75 Å². The number of carbonyl (C=O) groups excluding carboxylic acids is 1. The Morgan fingerprint density at radius 3 is 2.57 bits per heavy atom. The fourth-order valence-electron chi connectivity index (χ4n) is 1.86. The van der Waals surface area contributed by atoms with Gasteiger partial charge in [-0.15, -0.1) is 0 Å². The van der Waals surface area contributed by atoms with Crippen molar-refractivity contribution in [1.29, 1.82) is 0 Å². The molecule has 1 unspecified atom stereocenters. The Labute approximate surface area is 146 Å². The van der Waals surface area contributed by atoms with E-state index in [1.165, 1.54) is 6.07 Å². The van der Waals surface area contributed by atoms with E-state index in [4.69, 9.17) is 23.2 Å². The summed E-state index contributed by atoms with van der Waals surface area (Å²) in [6.07, 6.45) is 0. The van der Waals surface area contributed by atoms with Crippen molar-refractivity contribution in [3.05, 3.63) is 61.1 Å². The van der Waals surface area contributed by atoms with E-state index in [2.05, 4.69) is 5.32 Å². The van der Waals surface area contributed by atoms with Gasteiger partial charge in [-0.2, -0.15) is 0 Å². The van der Waals surface area contributed by atoms with E-state index in [1.807, 2.05) is 29.5 Å². The van der Waals surface area contributed by atoms with Crippen LogP contribution in [0.2, 0.25) is 10.0 Å². The Bertz CT molecular complexity index is 691. The summed E-state index contributed by atoms with van der Waals surface area (Å²) in [4.78, 5) is 12.2. The van der Waals surface area contributed by atoms with E-state index in [-0.39, 0.29) is 17.7 Å². The molecule has 0 bridgehead atoms. The summed E-state index contributed by atoms with van der Waals surface area (Å²) in [7, 11) is 0. The molecule has 0 aliphatic rings. The third-order valence-electron chi connectivity index (χ3n) is 2.98. The first-order valence-electron chi connectivity index (χ1n) is 6.13. The first-order valence-corrected chi connectivity index (χ1v) is 7.96. The quantitative estimate of drug-likeness (QED) is 0.680. The molecular weight excluding hydrogens is 424 g/mol. The normalized spacial score (nSPS) is 12.0. The highest BCUT2D eigenvalue weighted by molar-refractivity contribution is 14.1. The second-order valence-electron chi connectivity index (χ2n) is 4.53. The Morgan fingerprint density at radius 2 is 1.95 bits per heavy atom. The van der Waals surface area contributed by atoms with Gasteiger partial charge in [-0.25, -0.2) is 0 Å². The van der Waals surface area contributed by atoms with Crippen LogP contribution >= 0.6 is 45.8 Å². The second-order valence-corrected chi connectivity index (χ2v) is 6.53. The van der Waals surface area contributed by atoms with Crippen molar-refractivity contribution in [2.45, 2.75) is 13.0 Å². The number of carbonyl (C=O) groups is 1. The highest BCUT2D eigenvalue weighted by atomic mass is 127. The molecule has 0 aliphatic carbocycles. The average molecular weight is 436 g/mol. The van der Waals surface area contributed by atoms with Crippen LogP contribution in [-0.4, -0.2) is 11.0 Å². The van der Waals surface area contributed by atoms with Crippen LogP contribution in [0.5, 0.6) is 5.75 Å². The highest BCUT2D eigenvalue weighted by Crippen LogP contribution is 2.26. The number of hydrogen-bond acceptors (Lipinski definition) is 2. The molecule has 0 heterocycles. The topological polar surface area (TPSA) is 49.3 Å². The molecule has 1 amide bonds. The van der Waals surface area contributed by atoms with Crippen LogP contribution < -0.4 is 5.32 Å². The first kappa shape index (κ1) is 16.4. The van der Waals surface area contributed by atoms with Gasteiger partial charge in [0.25, 0.3) is 5.91 Å². The largest absolute Gasteiger partial charge is 0.507 e. The predicted octanol–water partition coefficient (Wildman–Crippen LogP) is 4.79. The molecule has 21 heavy (non-hydrogen) atoms. The lowest BCUT2D eigenvalue weighted by molar-refractivity contribution is 0.0939. The van der Waals surface area contributed by atoms with E-state index in [9.17, 15) is 9.90 Å². The van der Waals surface area contributed by atoms with Crippen LogP contribution in [-0.2, 0) is 0 Å². The maximum absolute atomic E-state index is 12.2. The van der Waals surface area contributed by atoms with Gasteiger partial charge in [0.2, 0.25) is 0 Å². The molecule has 0 spiro atoms. The van der Waals surface area contributed by atoms with Crippen molar-refractivity contribution in [3.63, 3.8) is 0 Å². The summed E-state index contributed by atoms with van der Waals surface area (Å²) in [6, 6.07) is 9.65. The highest BCUT2D eigenvalue weighted by Gasteiger charge is 2.15. The van der Waals surface area contributed by atoms with Gasteiger partial charge in [0, 0.05) is 15.6 Å². The minimum absolute atomic E-state index is 0.0837. The van der Waals surface area contributed by atoms with Gasteiger partial charge < -0.3 is 10.4 Å². The summed E-state index contributed by atoms with van der Waals surface area (Å²) in [5.41, 5.74) is 1.18. The van der Waals surface area contributed by atoms with Crippen molar-refractivity contribution < 1.29 is 9.90 Å². The zero-order valence-electron chi connectivity index (χ0n) is 11.0. The zero-order valence-corrected chi connectivity index (χ0v) is 14.7.